The Morgan fingerprint density at radius 1 is 1.36 bits per heavy atom. The maximum atomic E-state index is 14.6. The van der Waals surface area contributed by atoms with Crippen LogP contribution >= 0.6 is 11.6 Å². The van der Waals surface area contributed by atoms with Crippen LogP contribution in [0, 0.1) is 5.82 Å². The summed E-state index contributed by atoms with van der Waals surface area (Å²) >= 11 is 6.35. The molecule has 0 spiro atoms. The van der Waals surface area contributed by atoms with E-state index in [1.165, 1.54) is 13.0 Å². The number of amides is 1. The van der Waals surface area contributed by atoms with E-state index in [4.69, 9.17) is 16.3 Å². The van der Waals surface area contributed by atoms with E-state index in [1.54, 1.807) is 6.08 Å². The topological polar surface area (TPSA) is 53.9 Å². The molecule has 33 heavy (non-hydrogen) atoms. The Morgan fingerprint density at radius 2 is 2.12 bits per heavy atom. The van der Waals surface area contributed by atoms with Gasteiger partial charge in [-0.25, -0.2) is 4.39 Å². The van der Waals surface area contributed by atoms with Crippen molar-refractivity contribution in [3.05, 3.63) is 69.2 Å². The molecule has 3 aliphatic rings. The number of halogens is 5. The first-order valence-corrected chi connectivity index (χ1v) is 10.8. The van der Waals surface area contributed by atoms with Gasteiger partial charge < -0.3 is 15.0 Å². The third kappa shape index (κ3) is 4.70. The fraction of sp³-hybridized carbons (Fsp3) is 0.391. The van der Waals surface area contributed by atoms with E-state index >= 15 is 0 Å². The van der Waals surface area contributed by atoms with Gasteiger partial charge in [0.2, 0.25) is 0 Å². The second-order valence-corrected chi connectivity index (χ2v) is 8.64. The van der Waals surface area contributed by atoms with Crippen LogP contribution in [0.2, 0.25) is 0 Å². The summed E-state index contributed by atoms with van der Waals surface area (Å²) in [6, 6.07) is 1.96. The van der Waals surface area contributed by atoms with Crippen molar-refractivity contribution in [3.63, 3.8) is 0 Å². The Bertz CT molecular complexity index is 1110. The molecule has 3 aliphatic heterocycles. The minimum absolute atomic E-state index is 0.0516. The molecular weight excluding hydrogens is 462 g/mol. The molecule has 176 valence electrons. The molecule has 0 aromatic heterocycles. The van der Waals surface area contributed by atoms with Gasteiger partial charge in [-0.1, -0.05) is 23.7 Å². The number of nitrogens with zero attached hydrogens (tertiary/aromatic N) is 2. The average Bonchev–Trinajstić information content (AvgIpc) is 3.12. The second kappa shape index (κ2) is 8.95. The number of carbonyl (C=O) groups excluding carboxylic acids is 1. The fourth-order valence-electron chi connectivity index (χ4n) is 4.11. The van der Waals surface area contributed by atoms with E-state index in [9.17, 15) is 22.4 Å². The Balaban J connectivity index is 1.64. The molecular formula is C23H22ClF4N3O2. The number of nitrogens with one attached hydrogen (secondary N) is 1. The largest absolute Gasteiger partial charge is 0.419 e. The first-order valence-electron chi connectivity index (χ1n) is 10.5. The van der Waals surface area contributed by atoms with Crippen LogP contribution in [0.25, 0.3) is 0 Å². The SMILES string of the molecule is C[C@@H]1CN2C=C(C3=C(Cl)COCC3)C=C(C(=O)N[C@H](C)c3cccc(C(F)(F)F)c3F)C2=N1. The number of amidine groups is 1. The van der Waals surface area contributed by atoms with Crippen LogP contribution in [0.3, 0.4) is 0 Å². The molecule has 3 heterocycles. The third-order valence-corrected chi connectivity index (χ3v) is 6.04. The molecule has 1 aromatic rings. The minimum Gasteiger partial charge on any atom is -0.375 e. The number of allylic oxidation sites excluding steroid dienone is 2. The number of aliphatic imine (C=N–C) groups is 1. The smallest absolute Gasteiger partial charge is 0.375 e. The highest BCUT2D eigenvalue weighted by Crippen LogP contribution is 2.35. The Kier molecular flexibility index (Phi) is 6.37. The number of ether oxygens (including phenoxy) is 1. The summed E-state index contributed by atoms with van der Waals surface area (Å²) in [6.07, 6.45) is -0.696. The predicted octanol–water partition coefficient (Wildman–Crippen LogP) is 4.86. The van der Waals surface area contributed by atoms with Crippen LogP contribution in [0.4, 0.5) is 17.6 Å². The zero-order valence-electron chi connectivity index (χ0n) is 18.0. The van der Waals surface area contributed by atoms with Crippen molar-refractivity contribution in [2.24, 2.45) is 4.99 Å². The normalized spacial score (nSPS) is 21.8. The monoisotopic (exact) mass is 483 g/mol. The molecule has 0 aliphatic carbocycles. The van der Waals surface area contributed by atoms with E-state index in [0.29, 0.717) is 36.5 Å². The Hall–Kier alpha value is -2.65. The lowest BCUT2D eigenvalue weighted by molar-refractivity contribution is -0.140. The van der Waals surface area contributed by atoms with Crippen LogP contribution in [-0.2, 0) is 15.7 Å². The molecule has 0 saturated heterocycles. The molecule has 1 aromatic carbocycles. The Labute approximate surface area is 193 Å². The standard InChI is InChI=1S/C23H22ClF4N3O2/c1-12-9-31-10-14(16-6-7-33-11-19(16)24)8-17(21(31)29-12)22(32)30-13(2)15-4-3-5-18(20(15)25)23(26,27)28/h3-5,8,10,12-13H,6-7,9,11H2,1-2H3,(H,30,32)/t12-,13-/m1/s1. The molecule has 5 nitrogen and oxygen atoms in total. The van der Waals surface area contributed by atoms with E-state index in [2.05, 4.69) is 10.3 Å². The van der Waals surface area contributed by atoms with Crippen molar-refractivity contribution >= 4 is 23.3 Å². The van der Waals surface area contributed by atoms with Gasteiger partial charge in [0.05, 0.1) is 36.4 Å². The second-order valence-electron chi connectivity index (χ2n) is 8.18. The molecule has 0 radical (unpaired) electrons. The molecule has 1 N–H and O–H groups in total. The summed E-state index contributed by atoms with van der Waals surface area (Å²) in [4.78, 5) is 19.6. The van der Waals surface area contributed by atoms with Gasteiger partial charge in [0.1, 0.15) is 11.7 Å². The molecule has 10 heteroatoms. The van der Waals surface area contributed by atoms with Crippen LogP contribution < -0.4 is 5.32 Å². The van der Waals surface area contributed by atoms with Crippen molar-refractivity contribution in [1.82, 2.24) is 10.2 Å². The quantitative estimate of drug-likeness (QED) is 0.622. The van der Waals surface area contributed by atoms with E-state index in [1.807, 2.05) is 18.0 Å². The summed E-state index contributed by atoms with van der Waals surface area (Å²) in [5.74, 6) is -1.50. The van der Waals surface area contributed by atoms with E-state index in [0.717, 1.165) is 17.2 Å². The van der Waals surface area contributed by atoms with Gasteiger partial charge in [0.25, 0.3) is 5.91 Å². The minimum atomic E-state index is -4.83. The zero-order valence-corrected chi connectivity index (χ0v) is 18.7. The lowest BCUT2D eigenvalue weighted by atomic mass is 9.96. The van der Waals surface area contributed by atoms with Crippen LogP contribution in [0.1, 0.15) is 37.4 Å². The van der Waals surface area contributed by atoms with E-state index in [-0.39, 0.29) is 23.8 Å². The number of hydrogen-bond donors (Lipinski definition) is 1. The zero-order chi connectivity index (χ0) is 23.9. The molecule has 0 unspecified atom stereocenters. The van der Waals surface area contributed by atoms with Crippen molar-refractivity contribution in [1.29, 1.82) is 0 Å². The lowest BCUT2D eigenvalue weighted by Crippen LogP contribution is -2.37. The molecule has 4 rings (SSSR count). The maximum Gasteiger partial charge on any atom is 0.419 e. The van der Waals surface area contributed by atoms with Gasteiger partial charge in [-0.05, 0) is 43.6 Å². The number of benzene rings is 1. The summed E-state index contributed by atoms with van der Waals surface area (Å²) in [5, 5.41) is 3.18. The highest BCUT2D eigenvalue weighted by molar-refractivity contribution is 6.30. The van der Waals surface area contributed by atoms with Gasteiger partial charge in [-0.3, -0.25) is 9.79 Å². The van der Waals surface area contributed by atoms with Gasteiger partial charge >= 0.3 is 6.18 Å². The number of carbonyl (C=O) groups is 1. The van der Waals surface area contributed by atoms with Crippen molar-refractivity contribution in [3.8, 4) is 0 Å². The highest BCUT2D eigenvalue weighted by Gasteiger charge is 2.36. The maximum absolute atomic E-state index is 14.6. The van der Waals surface area contributed by atoms with Crippen molar-refractivity contribution < 1.29 is 27.1 Å². The summed E-state index contributed by atoms with van der Waals surface area (Å²) < 4.78 is 59.2. The summed E-state index contributed by atoms with van der Waals surface area (Å²) in [6.45, 7) is 4.71. The number of hydrogen-bond acceptors (Lipinski definition) is 4. The Morgan fingerprint density at radius 3 is 2.82 bits per heavy atom. The van der Waals surface area contributed by atoms with Crippen molar-refractivity contribution in [2.45, 2.75) is 38.5 Å². The molecule has 0 fully saturated rings. The molecule has 0 bridgehead atoms. The summed E-state index contributed by atoms with van der Waals surface area (Å²) in [5.41, 5.74) is 0.242. The first-order chi connectivity index (χ1) is 15.6. The lowest BCUT2D eigenvalue weighted by Gasteiger charge is -2.27. The van der Waals surface area contributed by atoms with Gasteiger partial charge in [0, 0.05) is 23.3 Å². The average molecular weight is 484 g/mol. The van der Waals surface area contributed by atoms with Crippen LogP contribution in [0.5, 0.6) is 0 Å². The highest BCUT2D eigenvalue weighted by atomic mass is 35.5. The summed E-state index contributed by atoms with van der Waals surface area (Å²) in [7, 11) is 0. The predicted molar refractivity (Wildman–Crippen MR) is 116 cm³/mol. The van der Waals surface area contributed by atoms with Crippen molar-refractivity contribution in [2.75, 3.05) is 19.8 Å². The van der Waals surface area contributed by atoms with Gasteiger partial charge in [-0.2, -0.15) is 13.2 Å². The fourth-order valence-corrected chi connectivity index (χ4v) is 4.39. The van der Waals surface area contributed by atoms with E-state index < -0.39 is 29.5 Å². The molecule has 2 atom stereocenters. The van der Waals surface area contributed by atoms with Gasteiger partial charge in [-0.15, -0.1) is 0 Å². The molecule has 0 saturated carbocycles. The third-order valence-electron chi connectivity index (χ3n) is 5.71. The molecule has 1 amide bonds. The van der Waals surface area contributed by atoms with Gasteiger partial charge in [0.15, 0.2) is 0 Å². The number of alkyl halides is 3. The van der Waals surface area contributed by atoms with Crippen LogP contribution in [-0.4, -0.2) is 42.4 Å². The number of rotatable bonds is 4. The van der Waals surface area contributed by atoms with Crippen LogP contribution in [0.15, 0.2) is 57.2 Å². The number of fused-ring (bicyclic) bond motifs is 1. The first kappa shape index (κ1) is 23.5.